The van der Waals surface area contributed by atoms with Crippen molar-refractivity contribution in [1.82, 2.24) is 0 Å². The second kappa shape index (κ2) is 3.59. The van der Waals surface area contributed by atoms with Gasteiger partial charge in [0.25, 0.3) is 0 Å². The van der Waals surface area contributed by atoms with Crippen molar-refractivity contribution in [2.24, 2.45) is 0 Å². The van der Waals surface area contributed by atoms with Crippen molar-refractivity contribution in [3.8, 4) is 5.75 Å². The van der Waals surface area contributed by atoms with Crippen molar-refractivity contribution in [3.63, 3.8) is 0 Å². The van der Waals surface area contributed by atoms with E-state index in [9.17, 15) is 5.11 Å². The highest BCUT2D eigenvalue weighted by molar-refractivity contribution is 7.19. The number of hydrogen-bond donors (Lipinski definition) is 2. The van der Waals surface area contributed by atoms with Crippen LogP contribution < -0.4 is 0 Å². The molecule has 0 spiro atoms. The minimum atomic E-state index is 0.165. The molecule has 2 rings (SSSR count). The van der Waals surface area contributed by atoms with E-state index < -0.39 is 0 Å². The Morgan fingerprint density at radius 3 is 2.86 bits per heavy atom. The third-order valence-corrected chi connectivity index (χ3v) is 3.63. The third kappa shape index (κ3) is 1.61. The Hall–Kier alpha value is -1.06. The second-order valence-corrected chi connectivity index (χ2v) is 4.57. The molecule has 1 unspecified atom stereocenters. The van der Waals surface area contributed by atoms with Gasteiger partial charge in [0.05, 0.1) is 6.61 Å². The molecule has 3 heteroatoms. The average molecular weight is 208 g/mol. The number of aliphatic hydroxyl groups is 1. The van der Waals surface area contributed by atoms with Gasteiger partial charge in [0.1, 0.15) is 5.75 Å². The summed E-state index contributed by atoms with van der Waals surface area (Å²) in [5.41, 5.74) is 0. The zero-order valence-corrected chi connectivity index (χ0v) is 8.71. The zero-order valence-electron chi connectivity index (χ0n) is 7.90. The zero-order chi connectivity index (χ0) is 10.1. The van der Waals surface area contributed by atoms with Gasteiger partial charge in [-0.2, -0.15) is 0 Å². The first-order chi connectivity index (χ1) is 6.70. The Labute approximate surface area is 86.4 Å². The molecule has 0 aliphatic rings. The summed E-state index contributed by atoms with van der Waals surface area (Å²) in [6.07, 6.45) is 0. The van der Waals surface area contributed by atoms with E-state index in [1.807, 2.05) is 19.1 Å². The minimum Gasteiger partial charge on any atom is -0.508 e. The second-order valence-electron chi connectivity index (χ2n) is 3.45. The maximum absolute atomic E-state index is 9.29. The van der Waals surface area contributed by atoms with Gasteiger partial charge >= 0.3 is 0 Å². The highest BCUT2D eigenvalue weighted by Gasteiger charge is 2.08. The number of hydrogen-bond acceptors (Lipinski definition) is 3. The molecule has 0 fully saturated rings. The van der Waals surface area contributed by atoms with Crippen molar-refractivity contribution < 1.29 is 10.2 Å². The molecule has 14 heavy (non-hydrogen) atoms. The topological polar surface area (TPSA) is 40.5 Å². The van der Waals surface area contributed by atoms with Gasteiger partial charge in [-0.05, 0) is 29.7 Å². The lowest BCUT2D eigenvalue weighted by Crippen LogP contribution is -1.94. The summed E-state index contributed by atoms with van der Waals surface area (Å²) in [6.45, 7) is 2.16. The largest absolute Gasteiger partial charge is 0.508 e. The molecular weight excluding hydrogens is 196 g/mol. The molecule has 0 amide bonds. The van der Waals surface area contributed by atoms with Gasteiger partial charge in [0.2, 0.25) is 0 Å². The quantitative estimate of drug-likeness (QED) is 0.796. The van der Waals surface area contributed by atoms with Crippen LogP contribution >= 0.6 is 11.3 Å². The molecular formula is C11H12O2S. The number of benzene rings is 1. The molecule has 0 radical (unpaired) electrons. The van der Waals surface area contributed by atoms with Gasteiger partial charge < -0.3 is 10.2 Å². The first-order valence-electron chi connectivity index (χ1n) is 4.54. The monoisotopic (exact) mass is 208 g/mol. The van der Waals surface area contributed by atoms with Crippen molar-refractivity contribution in [2.75, 3.05) is 6.61 Å². The standard InChI is InChI=1S/C11H12O2S/c1-7(6-12)11-5-8-4-9(13)2-3-10(8)14-11/h2-5,7,12-13H,6H2,1H3. The van der Waals surface area contributed by atoms with Crippen LogP contribution in [-0.2, 0) is 0 Å². The van der Waals surface area contributed by atoms with Crippen molar-refractivity contribution in [1.29, 1.82) is 0 Å². The Morgan fingerprint density at radius 1 is 1.36 bits per heavy atom. The van der Waals surface area contributed by atoms with Crippen LogP contribution in [-0.4, -0.2) is 16.8 Å². The van der Waals surface area contributed by atoms with E-state index in [2.05, 4.69) is 0 Å². The van der Waals surface area contributed by atoms with Crippen LogP contribution in [0.4, 0.5) is 0 Å². The number of phenols is 1. The van der Waals surface area contributed by atoms with Crippen LogP contribution in [0.1, 0.15) is 17.7 Å². The number of thiophene rings is 1. The number of fused-ring (bicyclic) bond motifs is 1. The summed E-state index contributed by atoms with van der Waals surface area (Å²) in [6, 6.07) is 7.37. The fourth-order valence-electron chi connectivity index (χ4n) is 1.38. The maximum Gasteiger partial charge on any atom is 0.116 e. The van der Waals surface area contributed by atoms with E-state index in [0.717, 1.165) is 15.0 Å². The number of aliphatic hydroxyl groups excluding tert-OH is 1. The molecule has 0 bridgehead atoms. The average Bonchev–Trinajstić information content (AvgIpc) is 2.59. The van der Waals surface area contributed by atoms with Crippen LogP contribution in [0.25, 0.3) is 10.1 Å². The maximum atomic E-state index is 9.29. The highest BCUT2D eigenvalue weighted by Crippen LogP contribution is 2.32. The van der Waals surface area contributed by atoms with Crippen molar-refractivity contribution in [2.45, 2.75) is 12.8 Å². The van der Waals surface area contributed by atoms with Gasteiger partial charge in [-0.15, -0.1) is 11.3 Å². The molecule has 74 valence electrons. The predicted molar refractivity (Wildman–Crippen MR) is 59.0 cm³/mol. The molecule has 1 atom stereocenters. The molecule has 0 aliphatic heterocycles. The first kappa shape index (κ1) is 9.49. The van der Waals surface area contributed by atoms with Crippen LogP contribution in [0.5, 0.6) is 5.75 Å². The molecule has 0 saturated heterocycles. The number of aromatic hydroxyl groups is 1. The van der Waals surface area contributed by atoms with Crippen molar-refractivity contribution in [3.05, 3.63) is 29.1 Å². The van der Waals surface area contributed by atoms with Gasteiger partial charge in [0, 0.05) is 15.5 Å². The predicted octanol–water partition coefficient (Wildman–Crippen LogP) is 2.70. The number of rotatable bonds is 2. The Bertz CT molecular complexity index is 447. The summed E-state index contributed by atoms with van der Waals surface area (Å²) < 4.78 is 1.15. The van der Waals surface area contributed by atoms with Gasteiger partial charge in [-0.25, -0.2) is 0 Å². The van der Waals surface area contributed by atoms with E-state index in [-0.39, 0.29) is 12.5 Å². The molecule has 2 aromatic rings. The molecule has 0 saturated carbocycles. The van der Waals surface area contributed by atoms with Crippen LogP contribution in [0, 0.1) is 0 Å². The third-order valence-electron chi connectivity index (χ3n) is 2.28. The normalized spacial score (nSPS) is 13.3. The summed E-state index contributed by atoms with van der Waals surface area (Å²) in [7, 11) is 0. The molecule has 1 heterocycles. The van der Waals surface area contributed by atoms with E-state index in [1.165, 1.54) is 0 Å². The van der Waals surface area contributed by atoms with E-state index in [1.54, 1.807) is 23.5 Å². The fraction of sp³-hybridized carbons (Fsp3) is 0.273. The lowest BCUT2D eigenvalue weighted by atomic mass is 10.1. The van der Waals surface area contributed by atoms with Gasteiger partial charge in [-0.1, -0.05) is 6.92 Å². The SMILES string of the molecule is CC(CO)c1cc2cc(O)ccc2s1. The van der Waals surface area contributed by atoms with Crippen LogP contribution in [0.15, 0.2) is 24.3 Å². The van der Waals surface area contributed by atoms with E-state index in [0.29, 0.717) is 5.75 Å². The van der Waals surface area contributed by atoms with Crippen LogP contribution in [0.3, 0.4) is 0 Å². The minimum absolute atomic E-state index is 0.165. The summed E-state index contributed by atoms with van der Waals surface area (Å²) >= 11 is 1.67. The summed E-state index contributed by atoms with van der Waals surface area (Å²) in [5, 5.41) is 19.4. The smallest absolute Gasteiger partial charge is 0.116 e. The molecule has 2 nitrogen and oxygen atoms in total. The molecule has 2 N–H and O–H groups in total. The van der Waals surface area contributed by atoms with E-state index >= 15 is 0 Å². The molecule has 0 aliphatic carbocycles. The highest BCUT2D eigenvalue weighted by atomic mass is 32.1. The van der Waals surface area contributed by atoms with Gasteiger partial charge in [0.15, 0.2) is 0 Å². The summed E-state index contributed by atoms with van der Waals surface area (Å²) in [4.78, 5) is 1.16. The lowest BCUT2D eigenvalue weighted by molar-refractivity contribution is 0.274. The Balaban J connectivity index is 2.51. The lowest BCUT2D eigenvalue weighted by Gasteiger charge is -2.01. The number of phenolic OH excluding ortho intramolecular Hbond substituents is 1. The molecule has 1 aromatic heterocycles. The Morgan fingerprint density at radius 2 is 2.14 bits per heavy atom. The van der Waals surface area contributed by atoms with Gasteiger partial charge in [-0.3, -0.25) is 0 Å². The fourth-order valence-corrected chi connectivity index (χ4v) is 2.47. The van der Waals surface area contributed by atoms with E-state index in [4.69, 9.17) is 5.11 Å². The molecule has 1 aromatic carbocycles. The first-order valence-corrected chi connectivity index (χ1v) is 5.35. The van der Waals surface area contributed by atoms with Crippen LogP contribution in [0.2, 0.25) is 0 Å². The Kier molecular flexibility index (Phi) is 2.44. The van der Waals surface area contributed by atoms with Crippen molar-refractivity contribution >= 4 is 21.4 Å². The summed E-state index contributed by atoms with van der Waals surface area (Å²) in [5.74, 6) is 0.466.